The highest BCUT2D eigenvalue weighted by atomic mass is 35.5. The zero-order valence-corrected chi connectivity index (χ0v) is 10.9. The van der Waals surface area contributed by atoms with E-state index in [1.807, 2.05) is 0 Å². The second-order valence-corrected chi connectivity index (χ2v) is 5.76. The number of alkyl halides is 1. The fourth-order valence-electron chi connectivity index (χ4n) is 1.62. The SMILES string of the molecule is O=S1CCN(c2ncnc(Cl)c2CCl)CC1. The predicted molar refractivity (Wildman–Crippen MR) is 66.7 cm³/mol. The van der Waals surface area contributed by atoms with Crippen molar-refractivity contribution >= 4 is 39.8 Å². The highest BCUT2D eigenvalue weighted by Gasteiger charge is 2.20. The number of aromatic nitrogens is 2. The molecule has 1 aliphatic heterocycles. The van der Waals surface area contributed by atoms with E-state index in [2.05, 4.69) is 14.9 Å². The molecule has 1 saturated heterocycles. The van der Waals surface area contributed by atoms with Gasteiger partial charge in [0.1, 0.15) is 17.3 Å². The molecule has 0 aliphatic carbocycles. The number of hydrogen-bond acceptors (Lipinski definition) is 4. The van der Waals surface area contributed by atoms with Crippen LogP contribution >= 0.6 is 23.2 Å². The number of hydrogen-bond donors (Lipinski definition) is 0. The van der Waals surface area contributed by atoms with Crippen molar-refractivity contribution in [1.29, 1.82) is 0 Å². The van der Waals surface area contributed by atoms with Gasteiger partial charge in [0.2, 0.25) is 0 Å². The number of anilines is 1. The minimum absolute atomic E-state index is 0.286. The molecule has 0 atom stereocenters. The van der Waals surface area contributed by atoms with E-state index in [9.17, 15) is 4.21 Å². The summed E-state index contributed by atoms with van der Waals surface area (Å²) >= 11 is 11.8. The van der Waals surface area contributed by atoms with Gasteiger partial charge in [-0.25, -0.2) is 9.97 Å². The highest BCUT2D eigenvalue weighted by molar-refractivity contribution is 7.85. The van der Waals surface area contributed by atoms with E-state index in [4.69, 9.17) is 23.2 Å². The Hall–Kier alpha value is -0.390. The van der Waals surface area contributed by atoms with Gasteiger partial charge in [0.25, 0.3) is 0 Å². The van der Waals surface area contributed by atoms with Crippen LogP contribution in [0.5, 0.6) is 0 Å². The first-order chi connectivity index (χ1) is 7.72. The van der Waals surface area contributed by atoms with Crippen LogP contribution in [0.3, 0.4) is 0 Å². The van der Waals surface area contributed by atoms with Crippen molar-refractivity contribution in [2.45, 2.75) is 5.88 Å². The fourth-order valence-corrected chi connectivity index (χ4v) is 3.18. The van der Waals surface area contributed by atoms with Crippen molar-refractivity contribution in [3.05, 3.63) is 17.0 Å². The summed E-state index contributed by atoms with van der Waals surface area (Å²) in [6.45, 7) is 1.45. The molecular weight excluding hydrogens is 269 g/mol. The lowest BCUT2D eigenvalue weighted by atomic mass is 10.3. The third-order valence-electron chi connectivity index (χ3n) is 2.48. The molecule has 2 rings (SSSR count). The minimum Gasteiger partial charge on any atom is -0.354 e. The third kappa shape index (κ3) is 2.47. The molecule has 7 heteroatoms. The van der Waals surface area contributed by atoms with E-state index >= 15 is 0 Å². The average Bonchev–Trinajstić information content (AvgIpc) is 2.30. The molecule has 2 heterocycles. The first-order valence-corrected chi connectivity index (χ1v) is 7.27. The van der Waals surface area contributed by atoms with Crippen LogP contribution < -0.4 is 4.90 Å². The van der Waals surface area contributed by atoms with Gasteiger partial charge in [-0.1, -0.05) is 11.6 Å². The Morgan fingerprint density at radius 2 is 2.06 bits per heavy atom. The molecule has 1 aromatic rings. The highest BCUT2D eigenvalue weighted by Crippen LogP contribution is 2.25. The molecule has 0 amide bonds. The minimum atomic E-state index is -0.700. The molecule has 88 valence electrons. The lowest BCUT2D eigenvalue weighted by Gasteiger charge is -2.28. The van der Waals surface area contributed by atoms with Gasteiger partial charge in [-0.05, 0) is 0 Å². The van der Waals surface area contributed by atoms with Crippen LogP contribution in [0.25, 0.3) is 0 Å². The van der Waals surface area contributed by atoms with Crippen molar-refractivity contribution in [2.24, 2.45) is 0 Å². The second-order valence-electron chi connectivity index (χ2n) is 3.44. The Balaban J connectivity index is 2.26. The molecule has 1 fully saturated rings. The molecule has 0 aromatic carbocycles. The van der Waals surface area contributed by atoms with Gasteiger partial charge in [0.05, 0.1) is 5.88 Å². The molecule has 4 nitrogen and oxygen atoms in total. The van der Waals surface area contributed by atoms with Crippen LogP contribution in [-0.2, 0) is 16.7 Å². The standard InChI is InChI=1S/C9H11Cl2N3OS/c10-5-7-8(11)12-6-13-9(7)14-1-3-16(15)4-2-14/h6H,1-5H2. The molecule has 0 spiro atoms. The summed E-state index contributed by atoms with van der Waals surface area (Å²) in [5, 5.41) is 0.395. The van der Waals surface area contributed by atoms with Crippen LogP contribution in [0.2, 0.25) is 5.15 Å². The fraction of sp³-hybridized carbons (Fsp3) is 0.556. The summed E-state index contributed by atoms with van der Waals surface area (Å²) in [6.07, 6.45) is 1.43. The van der Waals surface area contributed by atoms with Gasteiger partial charge < -0.3 is 4.90 Å². The lowest BCUT2D eigenvalue weighted by molar-refractivity contribution is 0.672. The molecule has 1 aromatic heterocycles. The summed E-state index contributed by atoms with van der Waals surface area (Å²) in [4.78, 5) is 10.2. The van der Waals surface area contributed by atoms with Gasteiger partial charge in [0, 0.05) is 41.0 Å². The van der Waals surface area contributed by atoms with Crippen LogP contribution in [0, 0.1) is 0 Å². The Morgan fingerprint density at radius 3 is 2.69 bits per heavy atom. The maximum absolute atomic E-state index is 11.3. The quantitative estimate of drug-likeness (QED) is 0.607. The summed E-state index contributed by atoms with van der Waals surface area (Å²) in [6, 6.07) is 0. The number of halogens is 2. The van der Waals surface area contributed by atoms with Crippen LogP contribution in [-0.4, -0.2) is 38.8 Å². The molecule has 0 bridgehead atoms. The van der Waals surface area contributed by atoms with E-state index in [0.717, 1.165) is 24.5 Å². The van der Waals surface area contributed by atoms with E-state index in [-0.39, 0.29) is 5.88 Å². The van der Waals surface area contributed by atoms with Crippen LogP contribution in [0.15, 0.2) is 6.33 Å². The second kappa shape index (κ2) is 5.29. The maximum Gasteiger partial charge on any atom is 0.138 e. The first kappa shape index (κ1) is 12.1. The molecule has 1 aliphatic rings. The Morgan fingerprint density at radius 1 is 1.38 bits per heavy atom. The van der Waals surface area contributed by atoms with Crippen LogP contribution in [0.4, 0.5) is 5.82 Å². The van der Waals surface area contributed by atoms with Crippen molar-refractivity contribution in [1.82, 2.24) is 9.97 Å². The van der Waals surface area contributed by atoms with E-state index in [0.29, 0.717) is 16.7 Å². The number of nitrogens with zero attached hydrogens (tertiary/aromatic N) is 3. The molecule has 0 N–H and O–H groups in total. The van der Waals surface area contributed by atoms with Crippen LogP contribution in [0.1, 0.15) is 5.56 Å². The lowest BCUT2D eigenvalue weighted by Crippen LogP contribution is -2.38. The van der Waals surface area contributed by atoms with Crippen molar-refractivity contribution < 1.29 is 4.21 Å². The summed E-state index contributed by atoms with van der Waals surface area (Å²) in [5.41, 5.74) is 0.749. The van der Waals surface area contributed by atoms with E-state index in [1.165, 1.54) is 6.33 Å². The largest absolute Gasteiger partial charge is 0.354 e. The normalized spacial score (nSPS) is 17.8. The van der Waals surface area contributed by atoms with Crippen molar-refractivity contribution in [3.8, 4) is 0 Å². The van der Waals surface area contributed by atoms with Gasteiger partial charge in [0.15, 0.2) is 0 Å². The van der Waals surface area contributed by atoms with Gasteiger partial charge >= 0.3 is 0 Å². The molecule has 0 saturated carbocycles. The summed E-state index contributed by atoms with van der Waals surface area (Å²) in [7, 11) is -0.700. The molecule has 0 radical (unpaired) electrons. The maximum atomic E-state index is 11.3. The Bertz CT molecular complexity index is 406. The van der Waals surface area contributed by atoms with Gasteiger partial charge in [-0.2, -0.15) is 0 Å². The molecule has 16 heavy (non-hydrogen) atoms. The first-order valence-electron chi connectivity index (χ1n) is 4.87. The summed E-state index contributed by atoms with van der Waals surface area (Å²) in [5.74, 6) is 2.40. The smallest absolute Gasteiger partial charge is 0.138 e. The summed E-state index contributed by atoms with van der Waals surface area (Å²) < 4.78 is 11.3. The van der Waals surface area contributed by atoms with E-state index in [1.54, 1.807) is 0 Å². The average molecular weight is 280 g/mol. The zero-order chi connectivity index (χ0) is 11.5. The van der Waals surface area contributed by atoms with Gasteiger partial charge in [-0.3, -0.25) is 4.21 Å². The predicted octanol–water partition coefficient (Wildman–Crippen LogP) is 1.44. The Kier molecular flexibility index (Phi) is 4.00. The Labute approximate surface area is 106 Å². The van der Waals surface area contributed by atoms with E-state index < -0.39 is 10.8 Å². The van der Waals surface area contributed by atoms with Crippen molar-refractivity contribution in [3.63, 3.8) is 0 Å². The molecule has 0 unspecified atom stereocenters. The molecular formula is C9H11Cl2N3OS. The number of rotatable bonds is 2. The topological polar surface area (TPSA) is 46.1 Å². The monoisotopic (exact) mass is 279 g/mol. The zero-order valence-electron chi connectivity index (χ0n) is 8.53. The third-order valence-corrected chi connectivity index (χ3v) is 4.35. The van der Waals surface area contributed by atoms with Crippen molar-refractivity contribution in [2.75, 3.05) is 29.5 Å². The van der Waals surface area contributed by atoms with Gasteiger partial charge in [-0.15, -0.1) is 11.6 Å².